The predicted octanol–water partition coefficient (Wildman–Crippen LogP) is 3.32. The predicted molar refractivity (Wildman–Crippen MR) is 94.9 cm³/mol. The van der Waals surface area contributed by atoms with Crippen molar-refractivity contribution < 1.29 is 9.59 Å². The molecule has 1 N–H and O–H groups in total. The second-order valence-corrected chi connectivity index (χ2v) is 6.47. The lowest BCUT2D eigenvalue weighted by atomic mass is 10.1. The van der Waals surface area contributed by atoms with Crippen LogP contribution in [0.3, 0.4) is 0 Å². The number of amides is 2. The first-order chi connectivity index (χ1) is 11.5. The van der Waals surface area contributed by atoms with Gasteiger partial charge in [0.2, 0.25) is 11.8 Å². The fourth-order valence-corrected chi connectivity index (χ4v) is 3.06. The van der Waals surface area contributed by atoms with Crippen LogP contribution in [0.2, 0.25) is 5.02 Å². The van der Waals surface area contributed by atoms with Gasteiger partial charge in [-0.25, -0.2) is 0 Å². The average molecular weight is 343 g/mol. The summed E-state index contributed by atoms with van der Waals surface area (Å²) in [7, 11) is 0. The summed E-state index contributed by atoms with van der Waals surface area (Å²) in [5.41, 5.74) is 2.89. The van der Waals surface area contributed by atoms with Crippen molar-refractivity contribution in [3.63, 3.8) is 0 Å². The molecule has 0 radical (unpaired) electrons. The maximum absolute atomic E-state index is 12.4. The highest BCUT2D eigenvalue weighted by atomic mass is 35.5. The minimum Gasteiger partial charge on any atom is -0.352 e. The number of para-hydroxylation sites is 1. The second kappa shape index (κ2) is 7.05. The number of carbonyl (C=O) groups is 2. The highest BCUT2D eigenvalue weighted by Gasteiger charge is 2.35. The summed E-state index contributed by atoms with van der Waals surface area (Å²) in [5.74, 6) is -0.517. The third-order valence-electron chi connectivity index (χ3n) is 4.23. The zero-order chi connectivity index (χ0) is 17.1. The van der Waals surface area contributed by atoms with Crippen LogP contribution in [0.5, 0.6) is 0 Å². The van der Waals surface area contributed by atoms with Crippen LogP contribution in [0.15, 0.2) is 48.5 Å². The van der Waals surface area contributed by atoms with Gasteiger partial charge in [0, 0.05) is 19.5 Å². The number of benzene rings is 2. The Balaban J connectivity index is 1.62. The molecule has 3 rings (SSSR count). The van der Waals surface area contributed by atoms with Gasteiger partial charge in [0.1, 0.15) is 0 Å². The highest BCUT2D eigenvalue weighted by Crippen LogP contribution is 2.31. The molecule has 1 fully saturated rings. The van der Waals surface area contributed by atoms with Crippen LogP contribution < -0.4 is 10.2 Å². The minimum atomic E-state index is -0.348. The normalized spacial score (nSPS) is 17.2. The van der Waals surface area contributed by atoms with Crippen molar-refractivity contribution in [1.82, 2.24) is 5.32 Å². The Morgan fingerprint density at radius 1 is 1.21 bits per heavy atom. The van der Waals surface area contributed by atoms with Gasteiger partial charge in [-0.05, 0) is 24.6 Å². The van der Waals surface area contributed by atoms with Gasteiger partial charge in [-0.1, -0.05) is 53.6 Å². The first-order valence-corrected chi connectivity index (χ1v) is 8.30. The van der Waals surface area contributed by atoms with E-state index in [2.05, 4.69) is 5.32 Å². The second-order valence-electron chi connectivity index (χ2n) is 6.06. The molecule has 2 aromatic rings. The van der Waals surface area contributed by atoms with Crippen LogP contribution in [0.4, 0.5) is 5.69 Å². The first kappa shape index (κ1) is 16.5. The number of nitrogens with zero attached hydrogens (tertiary/aromatic N) is 1. The van der Waals surface area contributed by atoms with E-state index >= 15 is 0 Å². The van der Waals surface area contributed by atoms with Gasteiger partial charge in [-0.3, -0.25) is 9.59 Å². The van der Waals surface area contributed by atoms with Crippen molar-refractivity contribution in [1.29, 1.82) is 0 Å². The van der Waals surface area contributed by atoms with Crippen LogP contribution in [0.1, 0.15) is 17.5 Å². The number of aryl methyl sites for hydroxylation is 1. The quantitative estimate of drug-likeness (QED) is 0.926. The lowest BCUT2D eigenvalue weighted by Crippen LogP contribution is -2.32. The minimum absolute atomic E-state index is 0.0708. The number of hydrogen-bond donors (Lipinski definition) is 1. The summed E-state index contributed by atoms with van der Waals surface area (Å²) in [5, 5.41) is 3.44. The van der Waals surface area contributed by atoms with Gasteiger partial charge in [-0.15, -0.1) is 0 Å². The van der Waals surface area contributed by atoms with Crippen LogP contribution in [-0.4, -0.2) is 18.4 Å². The van der Waals surface area contributed by atoms with E-state index in [1.54, 1.807) is 17.0 Å². The van der Waals surface area contributed by atoms with E-state index < -0.39 is 0 Å². The van der Waals surface area contributed by atoms with Gasteiger partial charge in [0.05, 0.1) is 16.6 Å². The van der Waals surface area contributed by atoms with Crippen LogP contribution in [0.25, 0.3) is 0 Å². The molecule has 2 amide bonds. The molecule has 0 aliphatic carbocycles. The zero-order valence-corrected chi connectivity index (χ0v) is 14.2. The first-order valence-electron chi connectivity index (χ1n) is 7.93. The molecule has 24 heavy (non-hydrogen) atoms. The number of nitrogens with one attached hydrogen (secondary N) is 1. The van der Waals surface area contributed by atoms with E-state index in [4.69, 9.17) is 11.6 Å². The van der Waals surface area contributed by atoms with Gasteiger partial charge < -0.3 is 10.2 Å². The zero-order valence-electron chi connectivity index (χ0n) is 13.5. The van der Waals surface area contributed by atoms with Crippen LogP contribution >= 0.6 is 11.6 Å². The Morgan fingerprint density at radius 3 is 2.62 bits per heavy atom. The molecular weight excluding hydrogens is 324 g/mol. The van der Waals surface area contributed by atoms with Crippen LogP contribution in [-0.2, 0) is 16.1 Å². The maximum Gasteiger partial charge on any atom is 0.227 e. The third-order valence-corrected chi connectivity index (χ3v) is 4.55. The van der Waals surface area contributed by atoms with Crippen molar-refractivity contribution in [2.45, 2.75) is 19.9 Å². The molecular formula is C19H19ClN2O2. The van der Waals surface area contributed by atoms with Gasteiger partial charge in [0.25, 0.3) is 0 Å². The van der Waals surface area contributed by atoms with E-state index in [1.807, 2.05) is 43.3 Å². The van der Waals surface area contributed by atoms with E-state index in [9.17, 15) is 9.59 Å². The molecule has 2 aromatic carbocycles. The highest BCUT2D eigenvalue weighted by molar-refractivity contribution is 6.33. The van der Waals surface area contributed by atoms with Crippen LogP contribution in [0, 0.1) is 12.8 Å². The molecule has 0 saturated carbocycles. The smallest absolute Gasteiger partial charge is 0.227 e. The average Bonchev–Trinajstić information content (AvgIpc) is 2.96. The van der Waals surface area contributed by atoms with Crippen molar-refractivity contribution >= 4 is 29.1 Å². The van der Waals surface area contributed by atoms with Crippen molar-refractivity contribution in [3.05, 3.63) is 64.7 Å². The summed E-state index contributed by atoms with van der Waals surface area (Å²) in [6, 6.07) is 15.2. The number of rotatable bonds is 4. The lowest BCUT2D eigenvalue weighted by Gasteiger charge is -2.18. The number of halogens is 1. The monoisotopic (exact) mass is 342 g/mol. The number of anilines is 1. The molecule has 5 heteroatoms. The van der Waals surface area contributed by atoms with E-state index in [0.717, 1.165) is 5.56 Å². The molecule has 1 heterocycles. The van der Waals surface area contributed by atoms with Gasteiger partial charge in [-0.2, -0.15) is 0 Å². The summed E-state index contributed by atoms with van der Waals surface area (Å²) in [6.07, 6.45) is 0.213. The van der Waals surface area contributed by atoms with Gasteiger partial charge >= 0.3 is 0 Å². The molecule has 1 aliphatic heterocycles. The fourth-order valence-electron chi connectivity index (χ4n) is 2.83. The molecule has 0 spiro atoms. The van der Waals surface area contributed by atoms with Gasteiger partial charge in [0.15, 0.2) is 0 Å². The Hall–Kier alpha value is -2.33. The summed E-state index contributed by atoms with van der Waals surface area (Å²) in [4.78, 5) is 26.2. The molecule has 1 aliphatic rings. The Kier molecular flexibility index (Phi) is 4.86. The lowest BCUT2D eigenvalue weighted by molar-refractivity contribution is -0.126. The molecule has 1 saturated heterocycles. The fraction of sp³-hybridized carbons (Fsp3) is 0.263. The maximum atomic E-state index is 12.4. The molecule has 0 unspecified atom stereocenters. The number of carbonyl (C=O) groups excluding carboxylic acids is 2. The Morgan fingerprint density at radius 2 is 1.92 bits per heavy atom. The van der Waals surface area contributed by atoms with E-state index in [0.29, 0.717) is 23.8 Å². The largest absolute Gasteiger partial charge is 0.352 e. The molecule has 124 valence electrons. The Labute approximate surface area is 146 Å². The van der Waals surface area contributed by atoms with Crippen molar-refractivity contribution in [2.24, 2.45) is 5.92 Å². The standard InChI is InChI=1S/C19H19ClN2O2/c1-13-6-8-14(9-7-13)11-21-19(24)15-10-18(23)22(12-15)17-5-3-2-4-16(17)20/h2-9,15H,10-12H2,1H3,(H,21,24)/t15-/m0/s1. The SMILES string of the molecule is Cc1ccc(CNC(=O)[C@H]2CC(=O)N(c3ccccc3Cl)C2)cc1. The number of hydrogen-bond acceptors (Lipinski definition) is 2. The topological polar surface area (TPSA) is 49.4 Å². The molecule has 4 nitrogen and oxygen atoms in total. The molecule has 1 atom stereocenters. The Bertz CT molecular complexity index is 758. The molecule has 0 bridgehead atoms. The third kappa shape index (κ3) is 3.60. The van der Waals surface area contributed by atoms with E-state index in [-0.39, 0.29) is 24.2 Å². The summed E-state index contributed by atoms with van der Waals surface area (Å²) >= 11 is 6.16. The van der Waals surface area contributed by atoms with E-state index in [1.165, 1.54) is 5.56 Å². The summed E-state index contributed by atoms with van der Waals surface area (Å²) in [6.45, 7) is 2.86. The summed E-state index contributed by atoms with van der Waals surface area (Å²) < 4.78 is 0. The van der Waals surface area contributed by atoms with Crippen molar-refractivity contribution in [3.8, 4) is 0 Å². The molecule has 0 aromatic heterocycles. The van der Waals surface area contributed by atoms with Crippen molar-refractivity contribution in [2.75, 3.05) is 11.4 Å².